The number of phosphoric acid groups is 1. The van der Waals surface area contributed by atoms with Crippen LogP contribution in [0.4, 0.5) is 0 Å². The van der Waals surface area contributed by atoms with Gasteiger partial charge in [0, 0.05) is 0 Å². The van der Waals surface area contributed by atoms with Gasteiger partial charge < -0.3 is 9.79 Å². The van der Waals surface area contributed by atoms with Gasteiger partial charge in [-0.15, -0.1) is 0 Å². The average Bonchev–Trinajstić information content (AvgIpc) is 2.62. The first-order chi connectivity index (χ1) is 15.4. The van der Waals surface area contributed by atoms with E-state index in [1.807, 2.05) is 12.1 Å². The van der Waals surface area contributed by atoms with Gasteiger partial charge in [0.2, 0.25) is 0 Å². The molecule has 198 valence electrons. The van der Waals surface area contributed by atoms with E-state index >= 15 is 0 Å². The van der Waals surface area contributed by atoms with Crippen molar-refractivity contribution in [3.05, 3.63) is 69.8 Å². The maximum absolute atomic E-state index is 12.4. The third-order valence-electron chi connectivity index (χ3n) is 6.72. The predicted molar refractivity (Wildman–Crippen MR) is 154 cm³/mol. The molecule has 0 radical (unpaired) electrons. The van der Waals surface area contributed by atoms with E-state index in [-0.39, 0.29) is 51.2 Å². The first-order valence-electron chi connectivity index (χ1n) is 12.4. The maximum atomic E-state index is 12.4. The molecule has 0 fully saturated rings. The van der Waals surface area contributed by atoms with Crippen LogP contribution in [0, 0.1) is 0 Å². The van der Waals surface area contributed by atoms with Crippen molar-refractivity contribution in [1.29, 1.82) is 0 Å². The van der Waals surface area contributed by atoms with Gasteiger partial charge in [-0.3, -0.25) is 4.52 Å². The normalized spacial score (nSPS) is 14.0. The van der Waals surface area contributed by atoms with Crippen molar-refractivity contribution in [2.24, 2.45) is 0 Å². The van der Waals surface area contributed by atoms with E-state index < -0.39 is 13.4 Å². The van der Waals surface area contributed by atoms with Crippen LogP contribution >= 0.6 is 7.82 Å². The van der Waals surface area contributed by atoms with Gasteiger partial charge in [0.25, 0.3) is 0 Å². The summed E-state index contributed by atoms with van der Waals surface area (Å²) in [4.78, 5) is 20.2. The van der Waals surface area contributed by atoms with Crippen molar-refractivity contribution in [3.63, 3.8) is 0 Å². The quantitative estimate of drug-likeness (QED) is 0.318. The van der Waals surface area contributed by atoms with Crippen LogP contribution in [0.5, 0.6) is 0 Å². The second-order valence-corrected chi connectivity index (χ2v) is 15.3. The van der Waals surface area contributed by atoms with Crippen LogP contribution in [0.3, 0.4) is 0 Å². The summed E-state index contributed by atoms with van der Waals surface area (Å²) in [5.74, 6) is 0. The van der Waals surface area contributed by atoms with Crippen LogP contribution in [0.1, 0.15) is 123 Å². The summed E-state index contributed by atoms with van der Waals surface area (Å²) < 4.78 is 18.2. The van der Waals surface area contributed by atoms with Crippen LogP contribution in [-0.2, 0) is 36.3 Å². The molecule has 2 rings (SSSR count). The van der Waals surface area contributed by atoms with E-state index in [4.69, 9.17) is 4.52 Å². The fourth-order valence-electron chi connectivity index (χ4n) is 4.58. The van der Waals surface area contributed by atoms with Gasteiger partial charge >= 0.3 is 37.4 Å². The molecule has 0 bridgehead atoms. The monoisotopic (exact) mass is 526 g/mol. The van der Waals surface area contributed by atoms with Crippen molar-refractivity contribution in [3.8, 4) is 0 Å². The summed E-state index contributed by atoms with van der Waals surface area (Å²) in [7, 11) is -4.85. The van der Waals surface area contributed by atoms with E-state index in [1.54, 1.807) is 6.92 Å². The Hall–Kier alpha value is -0.450. The summed E-state index contributed by atoms with van der Waals surface area (Å²) >= 11 is 0. The molecule has 6 heteroatoms. The number of benzene rings is 2. The van der Waals surface area contributed by atoms with Gasteiger partial charge in [0.05, 0.1) is 0 Å². The zero-order valence-corrected chi connectivity index (χ0v) is 25.0. The molecule has 0 unspecified atom stereocenters. The van der Waals surface area contributed by atoms with E-state index in [2.05, 4.69) is 107 Å². The first kappa shape index (κ1) is 33.6. The van der Waals surface area contributed by atoms with Crippen LogP contribution in [0.2, 0.25) is 0 Å². The molecule has 0 amide bonds. The van der Waals surface area contributed by atoms with Gasteiger partial charge in [-0.2, -0.15) is 0 Å². The molecule has 0 spiro atoms. The third kappa shape index (κ3) is 7.79. The molecule has 2 N–H and O–H groups in total. The van der Waals surface area contributed by atoms with Crippen molar-refractivity contribution < 1.29 is 18.9 Å². The Morgan fingerprint density at radius 3 is 1.08 bits per heavy atom. The van der Waals surface area contributed by atoms with Crippen molar-refractivity contribution in [2.75, 3.05) is 0 Å². The molecule has 36 heavy (non-hydrogen) atoms. The minimum absolute atomic E-state index is 0. The Bertz CT molecular complexity index is 1040. The third-order valence-corrected chi connectivity index (χ3v) is 7.32. The molecule has 0 aliphatic heterocycles. The molecule has 0 aliphatic rings. The fraction of sp³-hybridized carbons (Fsp3) is 0.600. The summed E-state index contributed by atoms with van der Waals surface area (Å²) in [5.41, 5.74) is 3.87. The van der Waals surface area contributed by atoms with Gasteiger partial charge in [-0.05, 0) is 62.0 Å². The molecule has 4 nitrogen and oxygen atoms in total. The molecular formula is C30H48NaO4P. The van der Waals surface area contributed by atoms with Crippen molar-refractivity contribution in [1.82, 2.24) is 0 Å². The molecule has 0 aliphatic carbocycles. The minimum atomic E-state index is -4.85. The van der Waals surface area contributed by atoms with E-state index in [9.17, 15) is 14.4 Å². The molecule has 0 saturated carbocycles. The number of rotatable bonds is 4. The van der Waals surface area contributed by atoms with Gasteiger partial charge in [0.1, 0.15) is 5.60 Å². The van der Waals surface area contributed by atoms with E-state index in [1.165, 1.54) is 11.1 Å². The Kier molecular flexibility index (Phi) is 9.89. The second kappa shape index (κ2) is 10.6. The molecular weight excluding hydrogens is 478 g/mol. The predicted octanol–water partition coefficient (Wildman–Crippen LogP) is 7.60. The van der Waals surface area contributed by atoms with Crippen LogP contribution in [0.25, 0.3) is 0 Å². The van der Waals surface area contributed by atoms with Gasteiger partial charge in [-0.25, -0.2) is 4.57 Å². The Morgan fingerprint density at radius 2 is 0.861 bits per heavy atom. The summed E-state index contributed by atoms with van der Waals surface area (Å²) in [5, 5.41) is 0. The average molecular weight is 527 g/mol. The van der Waals surface area contributed by atoms with Crippen LogP contribution in [0.15, 0.2) is 36.4 Å². The molecule has 0 aromatic heterocycles. The summed E-state index contributed by atoms with van der Waals surface area (Å²) in [6, 6.07) is 12.5. The number of hydrogen-bond acceptors (Lipinski definition) is 2. The fourth-order valence-corrected chi connectivity index (χ4v) is 5.25. The number of phosphoric ester groups is 1. The zero-order valence-electron chi connectivity index (χ0n) is 24.1. The van der Waals surface area contributed by atoms with Crippen molar-refractivity contribution in [2.45, 2.75) is 117 Å². The first-order valence-corrected chi connectivity index (χ1v) is 14.0. The topological polar surface area (TPSA) is 66.8 Å². The standard InChI is InChI=1S/C30H47O4P.Na.H/c1-26(2,3)20-14-16-22(24(18-20)28(7,8)9)30(13,34-35(31,32)33)23-17-15-21(27(4,5)6)19-25(23)29(10,11)12;;/h14-19H,1-13H3,(H2,31,32,33);;. The van der Waals surface area contributed by atoms with Crippen LogP contribution in [-0.4, -0.2) is 39.3 Å². The van der Waals surface area contributed by atoms with Gasteiger partial charge in [-0.1, -0.05) is 119 Å². The summed E-state index contributed by atoms with van der Waals surface area (Å²) in [6.45, 7) is 27.6. The summed E-state index contributed by atoms with van der Waals surface area (Å²) in [6.07, 6.45) is 0. The molecule has 0 saturated heterocycles. The van der Waals surface area contributed by atoms with Crippen molar-refractivity contribution >= 4 is 37.4 Å². The zero-order chi connectivity index (χ0) is 27.4. The van der Waals surface area contributed by atoms with Gasteiger partial charge in [0.15, 0.2) is 0 Å². The number of hydrogen-bond donors (Lipinski definition) is 2. The molecule has 2 aromatic carbocycles. The molecule has 0 atom stereocenters. The Balaban J connectivity index is 0.00000648. The SMILES string of the molecule is CC(C)(C)c1ccc(C(C)(OP(=O)(O)O)c2ccc(C(C)(C)C)cc2C(C)(C)C)c(C(C)(C)C)c1.[NaH]. The van der Waals surface area contributed by atoms with Crippen LogP contribution < -0.4 is 0 Å². The Labute approximate surface area is 242 Å². The Morgan fingerprint density at radius 1 is 0.556 bits per heavy atom. The second-order valence-electron chi connectivity index (χ2n) is 14.1. The van der Waals surface area contributed by atoms with E-state index in [0.717, 1.165) is 22.3 Å². The molecule has 2 aromatic rings. The molecule has 0 heterocycles. The van der Waals surface area contributed by atoms with E-state index in [0.29, 0.717) is 0 Å².